The van der Waals surface area contributed by atoms with Crippen molar-refractivity contribution in [1.82, 2.24) is 10.2 Å². The maximum Gasteiger partial charge on any atom is 0.319 e. The Labute approximate surface area is 121 Å². The van der Waals surface area contributed by atoms with Gasteiger partial charge in [0.05, 0.1) is 6.10 Å². The fraction of sp³-hybridized carbons (Fsp3) is 0.533. The van der Waals surface area contributed by atoms with E-state index in [1.54, 1.807) is 31.2 Å². The lowest BCUT2D eigenvalue weighted by atomic mass is 10.0. The van der Waals surface area contributed by atoms with Gasteiger partial charge in [0.1, 0.15) is 0 Å². The summed E-state index contributed by atoms with van der Waals surface area (Å²) in [5.74, 6) is 0. The van der Waals surface area contributed by atoms with Gasteiger partial charge in [-0.1, -0.05) is 12.1 Å². The van der Waals surface area contributed by atoms with E-state index in [1.807, 2.05) is 14.1 Å². The molecule has 0 saturated heterocycles. The lowest BCUT2D eigenvalue weighted by Crippen LogP contribution is -2.49. The third-order valence-corrected chi connectivity index (χ3v) is 3.54. The molecule has 0 fully saturated rings. The minimum Gasteiger partial charge on any atom is -0.389 e. The number of urea groups is 1. The molecule has 1 unspecified atom stereocenters. The fourth-order valence-corrected chi connectivity index (χ4v) is 1.47. The molecule has 0 aliphatic carbocycles. The molecule has 0 spiro atoms. The van der Waals surface area contributed by atoms with E-state index in [9.17, 15) is 9.90 Å². The highest BCUT2D eigenvalue weighted by molar-refractivity contribution is 5.89. The number of aliphatic hydroxyl groups excluding tert-OH is 1. The highest BCUT2D eigenvalue weighted by Gasteiger charge is 2.20. The van der Waals surface area contributed by atoms with Gasteiger partial charge >= 0.3 is 6.03 Å². The molecule has 5 heteroatoms. The summed E-state index contributed by atoms with van der Waals surface area (Å²) in [5, 5.41) is 15.0. The van der Waals surface area contributed by atoms with Crippen molar-refractivity contribution >= 4 is 11.7 Å². The molecule has 1 aromatic carbocycles. The van der Waals surface area contributed by atoms with Crippen molar-refractivity contribution in [3.8, 4) is 0 Å². The van der Waals surface area contributed by atoms with Gasteiger partial charge in [-0.15, -0.1) is 0 Å². The summed E-state index contributed by atoms with van der Waals surface area (Å²) in [6.45, 7) is 6.38. The number of benzene rings is 1. The quantitative estimate of drug-likeness (QED) is 0.774. The molecule has 20 heavy (non-hydrogen) atoms. The van der Waals surface area contributed by atoms with Crippen LogP contribution in [-0.2, 0) is 0 Å². The lowest BCUT2D eigenvalue weighted by Gasteiger charge is -2.32. The minimum atomic E-state index is -0.501. The van der Waals surface area contributed by atoms with Crippen LogP contribution in [0.25, 0.3) is 0 Å². The van der Waals surface area contributed by atoms with Crippen LogP contribution in [0.5, 0.6) is 0 Å². The van der Waals surface area contributed by atoms with Crippen LogP contribution in [0.2, 0.25) is 0 Å². The highest BCUT2D eigenvalue weighted by atomic mass is 16.3. The van der Waals surface area contributed by atoms with E-state index in [0.717, 1.165) is 5.56 Å². The van der Waals surface area contributed by atoms with Crippen molar-refractivity contribution in [3.63, 3.8) is 0 Å². The zero-order valence-corrected chi connectivity index (χ0v) is 12.9. The first-order chi connectivity index (χ1) is 9.22. The van der Waals surface area contributed by atoms with E-state index in [2.05, 4.69) is 29.4 Å². The molecule has 2 amide bonds. The Bertz CT molecular complexity index is 439. The van der Waals surface area contributed by atoms with E-state index >= 15 is 0 Å². The first-order valence-corrected chi connectivity index (χ1v) is 6.72. The van der Waals surface area contributed by atoms with Crippen molar-refractivity contribution in [2.45, 2.75) is 32.4 Å². The van der Waals surface area contributed by atoms with Crippen LogP contribution in [0.4, 0.5) is 10.5 Å². The van der Waals surface area contributed by atoms with E-state index in [0.29, 0.717) is 12.2 Å². The molecule has 0 aliphatic heterocycles. The Morgan fingerprint density at radius 3 is 2.30 bits per heavy atom. The summed E-state index contributed by atoms with van der Waals surface area (Å²) >= 11 is 0. The van der Waals surface area contributed by atoms with E-state index in [4.69, 9.17) is 0 Å². The predicted molar refractivity (Wildman–Crippen MR) is 81.9 cm³/mol. The smallest absolute Gasteiger partial charge is 0.319 e. The Kier molecular flexibility index (Phi) is 5.53. The second-order valence-corrected chi connectivity index (χ2v) is 5.81. The van der Waals surface area contributed by atoms with Gasteiger partial charge in [-0.2, -0.15) is 0 Å². The molecule has 5 nitrogen and oxygen atoms in total. The number of nitrogens with one attached hydrogen (secondary N) is 2. The SMILES string of the molecule is CC(O)c1ccc(NC(=O)NCC(C)(C)N(C)C)cc1. The number of rotatable bonds is 5. The number of carbonyl (C=O) groups excluding carboxylic acids is 1. The molecule has 0 saturated carbocycles. The number of likely N-dealkylation sites (N-methyl/N-ethyl adjacent to an activating group) is 1. The van der Waals surface area contributed by atoms with Gasteiger partial charge in [0.2, 0.25) is 0 Å². The number of carbonyl (C=O) groups is 1. The molecule has 0 aliphatic rings. The Morgan fingerprint density at radius 1 is 1.30 bits per heavy atom. The standard InChI is InChI=1S/C15H25N3O2/c1-11(19)12-6-8-13(9-7-12)17-14(20)16-10-15(2,3)18(4)5/h6-9,11,19H,10H2,1-5H3,(H2,16,17,20). The van der Waals surface area contributed by atoms with Crippen LogP contribution < -0.4 is 10.6 Å². The van der Waals surface area contributed by atoms with Gasteiger partial charge in [0.25, 0.3) is 0 Å². The molecule has 1 rings (SSSR count). The van der Waals surface area contributed by atoms with Crippen LogP contribution in [0.15, 0.2) is 24.3 Å². The average molecular weight is 279 g/mol. The van der Waals surface area contributed by atoms with Crippen molar-refractivity contribution < 1.29 is 9.90 Å². The Morgan fingerprint density at radius 2 is 1.85 bits per heavy atom. The molecule has 0 radical (unpaired) electrons. The normalized spacial score (nSPS) is 13.2. The van der Waals surface area contributed by atoms with Crippen LogP contribution in [0, 0.1) is 0 Å². The zero-order valence-electron chi connectivity index (χ0n) is 12.9. The van der Waals surface area contributed by atoms with Gasteiger partial charge in [-0.05, 0) is 52.6 Å². The molecule has 112 valence electrons. The molecular formula is C15H25N3O2. The molecule has 1 atom stereocenters. The fourth-order valence-electron chi connectivity index (χ4n) is 1.47. The summed E-state index contributed by atoms with van der Waals surface area (Å²) in [6, 6.07) is 6.91. The summed E-state index contributed by atoms with van der Waals surface area (Å²) in [7, 11) is 3.96. The van der Waals surface area contributed by atoms with Crippen molar-refractivity contribution in [2.75, 3.05) is 26.0 Å². The molecule has 0 aromatic heterocycles. The molecule has 0 bridgehead atoms. The first kappa shape index (κ1) is 16.5. The van der Waals surface area contributed by atoms with Gasteiger partial charge in [-0.3, -0.25) is 0 Å². The largest absolute Gasteiger partial charge is 0.389 e. The number of hydrogen-bond acceptors (Lipinski definition) is 3. The number of hydrogen-bond donors (Lipinski definition) is 3. The Hall–Kier alpha value is -1.59. The summed E-state index contributed by atoms with van der Waals surface area (Å²) in [4.78, 5) is 13.9. The van der Waals surface area contributed by atoms with Gasteiger partial charge < -0.3 is 20.6 Å². The minimum absolute atomic E-state index is 0.104. The third kappa shape index (κ3) is 4.83. The topological polar surface area (TPSA) is 64.6 Å². The van der Waals surface area contributed by atoms with Gasteiger partial charge in [-0.25, -0.2) is 4.79 Å². The zero-order chi connectivity index (χ0) is 15.3. The first-order valence-electron chi connectivity index (χ1n) is 6.72. The number of aliphatic hydroxyl groups is 1. The van der Waals surface area contributed by atoms with Crippen molar-refractivity contribution in [2.24, 2.45) is 0 Å². The van der Waals surface area contributed by atoms with Crippen LogP contribution in [-0.4, -0.2) is 42.2 Å². The lowest BCUT2D eigenvalue weighted by molar-refractivity contribution is 0.189. The second kappa shape index (κ2) is 6.72. The monoisotopic (exact) mass is 279 g/mol. The van der Waals surface area contributed by atoms with Crippen LogP contribution in [0.3, 0.4) is 0 Å². The molecule has 3 N–H and O–H groups in total. The Balaban J connectivity index is 2.50. The summed E-state index contributed by atoms with van der Waals surface area (Å²) < 4.78 is 0. The van der Waals surface area contributed by atoms with Crippen molar-refractivity contribution in [1.29, 1.82) is 0 Å². The highest BCUT2D eigenvalue weighted by Crippen LogP contribution is 2.15. The number of anilines is 1. The molecule has 0 heterocycles. The molecular weight excluding hydrogens is 254 g/mol. The second-order valence-electron chi connectivity index (χ2n) is 5.81. The van der Waals surface area contributed by atoms with Crippen LogP contribution in [0.1, 0.15) is 32.4 Å². The van der Waals surface area contributed by atoms with E-state index < -0.39 is 6.10 Å². The summed E-state index contributed by atoms with van der Waals surface area (Å²) in [6.07, 6.45) is -0.501. The maximum atomic E-state index is 11.8. The van der Waals surface area contributed by atoms with Gasteiger partial charge in [0.15, 0.2) is 0 Å². The number of nitrogens with zero attached hydrogens (tertiary/aromatic N) is 1. The van der Waals surface area contributed by atoms with Crippen LogP contribution >= 0.6 is 0 Å². The van der Waals surface area contributed by atoms with E-state index in [1.165, 1.54) is 0 Å². The third-order valence-electron chi connectivity index (χ3n) is 3.54. The van der Waals surface area contributed by atoms with E-state index in [-0.39, 0.29) is 11.6 Å². The van der Waals surface area contributed by atoms with Gasteiger partial charge in [0, 0.05) is 17.8 Å². The van der Waals surface area contributed by atoms with Crippen molar-refractivity contribution in [3.05, 3.63) is 29.8 Å². The maximum absolute atomic E-state index is 11.8. The predicted octanol–water partition coefficient (Wildman–Crippen LogP) is 2.20. The number of amides is 2. The average Bonchev–Trinajstić information content (AvgIpc) is 2.37. The molecule has 1 aromatic rings. The summed E-state index contributed by atoms with van der Waals surface area (Å²) in [5.41, 5.74) is 1.42.